The lowest BCUT2D eigenvalue weighted by Crippen LogP contribution is -2.43. The van der Waals surface area contributed by atoms with Crippen molar-refractivity contribution in [3.05, 3.63) is 58.7 Å². The van der Waals surface area contributed by atoms with Crippen molar-refractivity contribution in [3.8, 4) is 5.75 Å². The van der Waals surface area contributed by atoms with E-state index in [1.165, 1.54) is 12.1 Å². The molecule has 0 aromatic heterocycles. The van der Waals surface area contributed by atoms with Crippen molar-refractivity contribution in [2.75, 3.05) is 25.0 Å². The number of anilines is 1. The zero-order chi connectivity index (χ0) is 33.0. The number of guanidine groups is 1. The average molecular weight is 636 g/mol. The fraction of sp³-hybridized carbons (Fsp3) is 0.444. The number of aliphatic imine (C=N–C) groups is 1. The first-order valence-electron chi connectivity index (χ1n) is 13.1. The quantitative estimate of drug-likeness (QED) is 0.144. The first-order valence-corrected chi connectivity index (χ1v) is 13.1. The molecule has 1 heterocycles. The number of nitrogens with one attached hydrogen (secondary N) is 4. The van der Waals surface area contributed by atoms with Crippen LogP contribution in [0.5, 0.6) is 5.75 Å². The third kappa shape index (κ3) is 8.96. The Morgan fingerprint density at radius 1 is 1.07 bits per heavy atom. The summed E-state index contributed by atoms with van der Waals surface area (Å²) in [6.45, 7) is 2.81. The van der Waals surface area contributed by atoms with Crippen LogP contribution in [0.4, 0.5) is 32.0 Å². The maximum atomic E-state index is 13.6. The molecule has 1 amide bonds. The Balaban J connectivity index is 1.79. The molecule has 242 valence electrons. The smallest absolute Gasteiger partial charge is 0.421 e. The van der Waals surface area contributed by atoms with Gasteiger partial charge in [0.25, 0.3) is 5.91 Å². The van der Waals surface area contributed by atoms with Crippen LogP contribution in [0, 0.1) is 5.92 Å². The van der Waals surface area contributed by atoms with E-state index in [9.17, 15) is 56.4 Å². The van der Waals surface area contributed by atoms with Crippen molar-refractivity contribution < 1.29 is 56.4 Å². The SMILES string of the molecule is CC1CN=C(Nc2cc(O)cc(C(=O)NCC(O)N[C@@H](CC(=O)O)c3cc(C(F)(F)F)cc(C(C)(O)C(F)(F)F)c3)c2)NC1. The number of carboxylic acids is 1. The Labute approximate surface area is 247 Å². The summed E-state index contributed by atoms with van der Waals surface area (Å²) in [6.07, 6.45) is -13.3. The number of carboxylic acid groups (broad SMARTS) is 1. The summed E-state index contributed by atoms with van der Waals surface area (Å²) >= 11 is 0. The van der Waals surface area contributed by atoms with Crippen LogP contribution in [0.25, 0.3) is 0 Å². The fourth-order valence-corrected chi connectivity index (χ4v) is 4.16. The molecule has 4 atom stereocenters. The lowest BCUT2D eigenvalue weighted by atomic mass is 9.89. The standard InChI is InChI=1S/C27H31F6N5O6/c1-13-10-35-24(36-11-13)37-18-5-15(6-19(39)8-18)23(43)34-12-21(40)38-20(9-22(41)42)14-3-16(25(2,44)27(31,32)33)7-17(4-14)26(28,29)30/h3-8,13,20-21,38-40,44H,9-12H2,1-2H3,(H,34,43)(H,41,42)(H2,35,36,37)/t20-,21?,25?/m0/s1. The van der Waals surface area contributed by atoms with Crippen LogP contribution in [0.15, 0.2) is 41.4 Å². The van der Waals surface area contributed by atoms with Gasteiger partial charge in [-0.25, -0.2) is 0 Å². The van der Waals surface area contributed by atoms with E-state index in [4.69, 9.17) is 0 Å². The summed E-state index contributed by atoms with van der Waals surface area (Å²) in [7, 11) is 0. The van der Waals surface area contributed by atoms with Crippen LogP contribution in [-0.2, 0) is 16.6 Å². The number of carbonyl (C=O) groups is 2. The largest absolute Gasteiger partial charge is 0.508 e. The Hall–Kier alpha value is -4.09. The van der Waals surface area contributed by atoms with Crippen LogP contribution < -0.4 is 21.3 Å². The molecule has 0 saturated carbocycles. The van der Waals surface area contributed by atoms with E-state index in [0.717, 1.165) is 6.07 Å². The summed E-state index contributed by atoms with van der Waals surface area (Å²) in [5.41, 5.74) is -6.91. The van der Waals surface area contributed by atoms with Gasteiger partial charge in [-0.05, 0) is 48.2 Å². The summed E-state index contributed by atoms with van der Waals surface area (Å²) in [4.78, 5) is 28.5. The Bertz CT molecular complexity index is 1400. The van der Waals surface area contributed by atoms with Crippen LogP contribution in [0.2, 0.25) is 0 Å². The molecule has 8 N–H and O–H groups in total. The second-order valence-electron chi connectivity index (χ2n) is 10.5. The van der Waals surface area contributed by atoms with Gasteiger partial charge in [-0.2, -0.15) is 26.3 Å². The highest BCUT2D eigenvalue weighted by Gasteiger charge is 2.52. The van der Waals surface area contributed by atoms with Crippen molar-refractivity contribution >= 4 is 23.5 Å². The third-order valence-corrected chi connectivity index (χ3v) is 6.65. The number of phenolic OH excluding ortho intramolecular Hbond substituents is 1. The average Bonchev–Trinajstić information content (AvgIpc) is 2.90. The molecule has 17 heteroatoms. The number of aliphatic carboxylic acids is 1. The van der Waals surface area contributed by atoms with E-state index in [2.05, 4.69) is 26.3 Å². The van der Waals surface area contributed by atoms with Gasteiger partial charge in [0.1, 0.15) is 12.0 Å². The lowest BCUT2D eigenvalue weighted by molar-refractivity contribution is -0.259. The van der Waals surface area contributed by atoms with Gasteiger partial charge in [-0.3, -0.25) is 19.9 Å². The van der Waals surface area contributed by atoms with Gasteiger partial charge in [0, 0.05) is 36.4 Å². The van der Waals surface area contributed by atoms with Crippen LogP contribution >= 0.6 is 0 Å². The molecule has 0 fully saturated rings. The summed E-state index contributed by atoms with van der Waals surface area (Å²) in [5, 5.41) is 50.4. The number of aliphatic hydroxyl groups excluding tert-OH is 1. The van der Waals surface area contributed by atoms with Gasteiger partial charge < -0.3 is 36.4 Å². The predicted octanol–water partition coefficient (Wildman–Crippen LogP) is 3.04. The molecule has 2 aromatic carbocycles. The minimum atomic E-state index is -5.38. The molecular weight excluding hydrogens is 604 g/mol. The third-order valence-electron chi connectivity index (χ3n) is 6.65. The number of hydrogen-bond donors (Lipinski definition) is 8. The molecule has 0 saturated heterocycles. The molecule has 2 aromatic rings. The molecular formula is C27H31F6N5O6. The van der Waals surface area contributed by atoms with Gasteiger partial charge >= 0.3 is 18.3 Å². The molecule has 0 aliphatic carbocycles. The summed E-state index contributed by atoms with van der Waals surface area (Å²) < 4.78 is 81.0. The highest BCUT2D eigenvalue weighted by atomic mass is 19.4. The van der Waals surface area contributed by atoms with Gasteiger partial charge in [0.05, 0.1) is 18.5 Å². The van der Waals surface area contributed by atoms with Crippen LogP contribution in [0.1, 0.15) is 53.4 Å². The summed E-state index contributed by atoms with van der Waals surface area (Å²) in [6, 6.07) is 3.17. The van der Waals surface area contributed by atoms with E-state index in [-0.39, 0.29) is 24.3 Å². The van der Waals surface area contributed by atoms with Crippen molar-refractivity contribution in [2.45, 2.75) is 50.5 Å². The Kier molecular flexibility index (Phi) is 10.4. The number of aromatic hydroxyl groups is 1. The van der Waals surface area contributed by atoms with E-state index < -0.39 is 71.8 Å². The highest BCUT2D eigenvalue weighted by molar-refractivity contribution is 5.98. The number of phenols is 1. The number of carbonyl (C=O) groups excluding carboxylic acids is 1. The van der Waals surface area contributed by atoms with E-state index in [1.54, 1.807) is 0 Å². The molecule has 1 aliphatic heterocycles. The van der Waals surface area contributed by atoms with E-state index >= 15 is 0 Å². The Morgan fingerprint density at radius 3 is 2.30 bits per heavy atom. The van der Waals surface area contributed by atoms with Gasteiger partial charge in [0.15, 0.2) is 11.6 Å². The number of aliphatic hydroxyl groups is 2. The first kappa shape index (κ1) is 34.4. The minimum Gasteiger partial charge on any atom is -0.508 e. The molecule has 0 spiro atoms. The molecule has 11 nitrogen and oxygen atoms in total. The molecule has 3 rings (SSSR count). The topological polar surface area (TPSA) is 176 Å². The van der Waals surface area contributed by atoms with Gasteiger partial charge in [-0.15, -0.1) is 0 Å². The molecule has 1 aliphatic rings. The summed E-state index contributed by atoms with van der Waals surface area (Å²) in [5.74, 6) is -1.95. The fourth-order valence-electron chi connectivity index (χ4n) is 4.16. The first-order chi connectivity index (χ1) is 20.3. The zero-order valence-electron chi connectivity index (χ0n) is 23.3. The molecule has 0 radical (unpaired) electrons. The Morgan fingerprint density at radius 2 is 1.73 bits per heavy atom. The zero-order valence-corrected chi connectivity index (χ0v) is 23.3. The maximum Gasteiger partial charge on any atom is 0.421 e. The van der Waals surface area contributed by atoms with Gasteiger partial charge in [0.2, 0.25) is 0 Å². The van der Waals surface area contributed by atoms with E-state index in [1.807, 2.05) is 6.92 Å². The van der Waals surface area contributed by atoms with Crippen molar-refractivity contribution in [1.82, 2.24) is 16.0 Å². The second-order valence-corrected chi connectivity index (χ2v) is 10.5. The molecule has 3 unspecified atom stereocenters. The molecule has 0 bridgehead atoms. The van der Waals surface area contributed by atoms with Crippen molar-refractivity contribution in [1.29, 1.82) is 0 Å². The monoisotopic (exact) mass is 635 g/mol. The number of benzene rings is 2. The van der Waals surface area contributed by atoms with Crippen molar-refractivity contribution in [2.24, 2.45) is 10.9 Å². The van der Waals surface area contributed by atoms with E-state index in [0.29, 0.717) is 42.8 Å². The van der Waals surface area contributed by atoms with Gasteiger partial charge in [-0.1, -0.05) is 13.0 Å². The predicted molar refractivity (Wildman–Crippen MR) is 145 cm³/mol. The van der Waals surface area contributed by atoms with Crippen LogP contribution in [0.3, 0.4) is 0 Å². The normalized spacial score (nSPS) is 18.3. The number of amides is 1. The maximum absolute atomic E-state index is 13.6. The number of alkyl halides is 6. The number of rotatable bonds is 10. The number of hydrogen-bond acceptors (Lipinski definition) is 9. The molecule has 44 heavy (non-hydrogen) atoms. The second kappa shape index (κ2) is 13.3. The lowest BCUT2D eigenvalue weighted by Gasteiger charge is -2.29. The minimum absolute atomic E-state index is 0.0662. The number of halogens is 6. The number of nitrogens with zero attached hydrogens (tertiary/aromatic N) is 1. The van der Waals surface area contributed by atoms with Crippen molar-refractivity contribution in [3.63, 3.8) is 0 Å². The highest BCUT2D eigenvalue weighted by Crippen LogP contribution is 2.42. The van der Waals surface area contributed by atoms with Crippen LogP contribution in [-0.4, -0.2) is 70.3 Å².